The number of ether oxygens (including phenoxy) is 1. The van der Waals surface area contributed by atoms with Crippen molar-refractivity contribution in [3.63, 3.8) is 0 Å². The molecular weight excluding hydrogens is 428 g/mol. The van der Waals surface area contributed by atoms with Gasteiger partial charge in [-0.1, -0.05) is 24.3 Å². The van der Waals surface area contributed by atoms with Crippen molar-refractivity contribution in [3.8, 4) is 0 Å². The molecule has 0 bridgehead atoms. The van der Waals surface area contributed by atoms with E-state index in [4.69, 9.17) is 10.5 Å². The summed E-state index contributed by atoms with van der Waals surface area (Å²) in [6, 6.07) is 15.8. The van der Waals surface area contributed by atoms with Crippen molar-refractivity contribution < 1.29 is 14.3 Å². The quantitative estimate of drug-likeness (QED) is 0.639. The molecule has 184 valence electrons. The zero-order valence-electron chi connectivity index (χ0n) is 21.1. The largest absolute Gasteiger partial charge is 0.444 e. The van der Waals surface area contributed by atoms with Crippen molar-refractivity contribution >= 4 is 17.7 Å². The molecule has 0 radical (unpaired) electrons. The summed E-state index contributed by atoms with van der Waals surface area (Å²) in [5, 5.41) is 0. The lowest BCUT2D eigenvalue weighted by Crippen LogP contribution is -2.51. The number of amides is 2. The fraction of sp³-hybridized carbons (Fsp3) is 0.481. The average Bonchev–Trinajstić information content (AvgIpc) is 2.80. The highest BCUT2D eigenvalue weighted by Crippen LogP contribution is 2.31. The number of carbonyl (C=O) groups excluding carboxylic acids is 2. The molecule has 7 heteroatoms. The molecule has 2 aromatic rings. The van der Waals surface area contributed by atoms with Crippen LogP contribution >= 0.6 is 0 Å². The van der Waals surface area contributed by atoms with E-state index >= 15 is 0 Å². The van der Waals surface area contributed by atoms with Gasteiger partial charge in [0.25, 0.3) is 5.91 Å². The minimum absolute atomic E-state index is 0.0260. The van der Waals surface area contributed by atoms with Crippen LogP contribution in [0.1, 0.15) is 62.1 Å². The van der Waals surface area contributed by atoms with Crippen LogP contribution in [0.3, 0.4) is 0 Å². The van der Waals surface area contributed by atoms with Gasteiger partial charge in [0.1, 0.15) is 5.60 Å². The van der Waals surface area contributed by atoms with E-state index in [0.717, 1.165) is 11.1 Å². The van der Waals surface area contributed by atoms with Gasteiger partial charge in [-0.15, -0.1) is 0 Å². The maximum atomic E-state index is 12.8. The van der Waals surface area contributed by atoms with Gasteiger partial charge >= 0.3 is 6.09 Å². The predicted molar refractivity (Wildman–Crippen MR) is 136 cm³/mol. The Kier molecular flexibility index (Phi) is 8.20. The molecule has 34 heavy (non-hydrogen) atoms. The zero-order chi connectivity index (χ0) is 24.9. The smallest absolute Gasteiger partial charge is 0.410 e. The van der Waals surface area contributed by atoms with Gasteiger partial charge in [-0.05, 0) is 70.0 Å². The van der Waals surface area contributed by atoms with E-state index in [1.165, 1.54) is 0 Å². The lowest BCUT2D eigenvalue weighted by Gasteiger charge is -2.40. The molecule has 1 atom stereocenters. The fourth-order valence-corrected chi connectivity index (χ4v) is 4.33. The van der Waals surface area contributed by atoms with Crippen LogP contribution in [0.5, 0.6) is 0 Å². The highest BCUT2D eigenvalue weighted by atomic mass is 16.6. The summed E-state index contributed by atoms with van der Waals surface area (Å²) in [7, 11) is 0. The number of benzene rings is 2. The molecule has 1 aliphatic heterocycles. The number of rotatable bonds is 6. The summed E-state index contributed by atoms with van der Waals surface area (Å²) in [5.74, 6) is 0.0445. The third-order valence-corrected chi connectivity index (χ3v) is 6.08. The Balaban J connectivity index is 1.82. The molecule has 1 aliphatic rings. The van der Waals surface area contributed by atoms with Gasteiger partial charge in [-0.3, -0.25) is 9.69 Å². The SMILES string of the molecule is CCN(CC)C(=O)c1ccc([C@@H](c2cccc(N)c2)N2CCN(C(=O)OC(C)(C)C)CC2)cc1. The maximum absolute atomic E-state index is 12.8. The molecule has 3 rings (SSSR count). The lowest BCUT2D eigenvalue weighted by atomic mass is 9.95. The molecule has 0 unspecified atom stereocenters. The first-order valence-electron chi connectivity index (χ1n) is 12.1. The molecule has 7 nitrogen and oxygen atoms in total. The van der Waals surface area contributed by atoms with Crippen molar-refractivity contribution in [2.24, 2.45) is 0 Å². The Morgan fingerprint density at radius 2 is 1.59 bits per heavy atom. The molecule has 1 heterocycles. The van der Waals surface area contributed by atoms with Gasteiger partial charge in [0, 0.05) is 50.5 Å². The number of piperazine rings is 1. The molecule has 2 N–H and O–H groups in total. The van der Waals surface area contributed by atoms with Crippen LogP contribution in [-0.2, 0) is 4.74 Å². The van der Waals surface area contributed by atoms with Gasteiger partial charge < -0.3 is 20.3 Å². The molecule has 2 aromatic carbocycles. The van der Waals surface area contributed by atoms with Crippen LogP contribution in [0.4, 0.5) is 10.5 Å². The Labute approximate surface area is 203 Å². The van der Waals surface area contributed by atoms with Gasteiger partial charge in [0.2, 0.25) is 0 Å². The number of nitrogens with two attached hydrogens (primary N) is 1. The molecule has 1 fully saturated rings. The fourth-order valence-electron chi connectivity index (χ4n) is 4.33. The standard InChI is InChI=1S/C27H38N4O3/c1-6-29(7-2)25(32)21-13-11-20(12-14-21)24(22-9-8-10-23(28)19-22)30-15-17-31(18-16-30)26(33)34-27(3,4)5/h8-14,19,24H,6-7,15-18,28H2,1-5H3/t24-/m0/s1. The number of anilines is 1. The van der Waals surface area contributed by atoms with E-state index in [1.54, 1.807) is 4.90 Å². The highest BCUT2D eigenvalue weighted by molar-refractivity contribution is 5.94. The topological polar surface area (TPSA) is 79.1 Å². The molecular formula is C27H38N4O3. The van der Waals surface area contributed by atoms with Gasteiger partial charge in [-0.2, -0.15) is 0 Å². The van der Waals surface area contributed by atoms with Crippen LogP contribution in [0, 0.1) is 0 Å². The second-order valence-electron chi connectivity index (χ2n) is 9.68. The number of nitrogens with zero attached hydrogens (tertiary/aromatic N) is 3. The summed E-state index contributed by atoms with van der Waals surface area (Å²) in [4.78, 5) is 31.2. The molecule has 0 aromatic heterocycles. The number of nitrogen functional groups attached to an aromatic ring is 1. The molecule has 2 amide bonds. The first-order valence-corrected chi connectivity index (χ1v) is 12.1. The summed E-state index contributed by atoms with van der Waals surface area (Å²) in [6.45, 7) is 13.6. The van der Waals surface area contributed by atoms with Crippen LogP contribution < -0.4 is 5.73 Å². The van der Waals surface area contributed by atoms with Crippen molar-refractivity contribution in [1.82, 2.24) is 14.7 Å². The summed E-state index contributed by atoms with van der Waals surface area (Å²) >= 11 is 0. The second kappa shape index (κ2) is 10.9. The Bertz CT molecular complexity index is 972. The van der Waals surface area contributed by atoms with E-state index in [2.05, 4.69) is 11.0 Å². The van der Waals surface area contributed by atoms with Gasteiger partial charge in [0.15, 0.2) is 0 Å². The van der Waals surface area contributed by atoms with Crippen molar-refractivity contribution in [1.29, 1.82) is 0 Å². The van der Waals surface area contributed by atoms with Crippen LogP contribution in [0.2, 0.25) is 0 Å². The summed E-state index contributed by atoms with van der Waals surface area (Å²) in [6.07, 6.45) is -0.271. The van der Waals surface area contributed by atoms with E-state index in [-0.39, 0.29) is 18.0 Å². The van der Waals surface area contributed by atoms with E-state index in [0.29, 0.717) is 50.5 Å². The molecule has 0 spiro atoms. The van der Waals surface area contributed by atoms with Crippen molar-refractivity contribution in [2.75, 3.05) is 45.0 Å². The minimum atomic E-state index is -0.511. The number of carbonyl (C=O) groups is 2. The average molecular weight is 467 g/mol. The Morgan fingerprint density at radius 1 is 0.971 bits per heavy atom. The van der Waals surface area contributed by atoms with Crippen LogP contribution in [0.25, 0.3) is 0 Å². The van der Waals surface area contributed by atoms with E-state index in [9.17, 15) is 9.59 Å². The van der Waals surface area contributed by atoms with Crippen molar-refractivity contribution in [2.45, 2.75) is 46.3 Å². The predicted octanol–water partition coefficient (Wildman–Crippen LogP) is 4.39. The number of hydrogen-bond donors (Lipinski definition) is 1. The van der Waals surface area contributed by atoms with Crippen molar-refractivity contribution in [3.05, 3.63) is 65.2 Å². The number of hydrogen-bond acceptors (Lipinski definition) is 5. The highest BCUT2D eigenvalue weighted by Gasteiger charge is 2.30. The first-order chi connectivity index (χ1) is 16.1. The van der Waals surface area contributed by atoms with E-state index in [1.807, 2.05) is 82.0 Å². The van der Waals surface area contributed by atoms with E-state index < -0.39 is 5.60 Å². The lowest BCUT2D eigenvalue weighted by molar-refractivity contribution is 0.0119. The normalized spacial score (nSPS) is 15.6. The Morgan fingerprint density at radius 3 is 2.12 bits per heavy atom. The Hall–Kier alpha value is -3.06. The monoisotopic (exact) mass is 466 g/mol. The second-order valence-corrected chi connectivity index (χ2v) is 9.68. The van der Waals surface area contributed by atoms with Crippen LogP contribution in [-0.4, -0.2) is 71.6 Å². The van der Waals surface area contributed by atoms with Gasteiger partial charge in [0.05, 0.1) is 6.04 Å². The molecule has 0 aliphatic carbocycles. The minimum Gasteiger partial charge on any atom is -0.444 e. The summed E-state index contributed by atoms with van der Waals surface area (Å²) in [5.41, 5.74) is 9.18. The third-order valence-electron chi connectivity index (χ3n) is 6.08. The zero-order valence-corrected chi connectivity index (χ0v) is 21.1. The first kappa shape index (κ1) is 25.6. The summed E-state index contributed by atoms with van der Waals surface area (Å²) < 4.78 is 5.55. The van der Waals surface area contributed by atoms with Crippen LogP contribution in [0.15, 0.2) is 48.5 Å². The maximum Gasteiger partial charge on any atom is 0.410 e. The van der Waals surface area contributed by atoms with Gasteiger partial charge in [-0.25, -0.2) is 4.79 Å². The molecule has 1 saturated heterocycles. The molecule has 0 saturated carbocycles. The third kappa shape index (κ3) is 6.29.